The maximum Gasteiger partial charge on any atom is 0.224 e. The normalized spacial score (nSPS) is 9.22. The maximum atomic E-state index is 11.6. The number of ketones is 1. The summed E-state index contributed by atoms with van der Waals surface area (Å²) in [7, 11) is 0. The smallest absolute Gasteiger partial charge is 0.224 e. The zero-order valence-electron chi connectivity index (χ0n) is 10.7. The molecule has 0 fully saturated rings. The third kappa shape index (κ3) is 4.84. The molecule has 1 aromatic rings. The molecular weight excluding hydrogens is 226 g/mol. The highest BCUT2D eigenvalue weighted by atomic mass is 16.1. The van der Waals surface area contributed by atoms with Gasteiger partial charge in [0.15, 0.2) is 5.78 Å². The second kappa shape index (κ2) is 7.29. The maximum absolute atomic E-state index is 11.6. The summed E-state index contributed by atoms with van der Waals surface area (Å²) in [5.41, 5.74) is 1.36. The van der Waals surface area contributed by atoms with Gasteiger partial charge in [-0.1, -0.05) is 0 Å². The van der Waals surface area contributed by atoms with Crippen molar-refractivity contribution in [2.24, 2.45) is 0 Å². The van der Waals surface area contributed by atoms with Crippen molar-refractivity contribution in [1.29, 1.82) is 0 Å². The molecule has 0 saturated heterocycles. The quantitative estimate of drug-likeness (QED) is 0.491. The molecule has 0 saturated carbocycles. The number of unbranched alkanes of at least 4 members (excludes halogenated alkanes) is 1. The molecule has 3 nitrogen and oxygen atoms in total. The van der Waals surface area contributed by atoms with Crippen molar-refractivity contribution < 1.29 is 9.59 Å². The van der Waals surface area contributed by atoms with Gasteiger partial charge in [-0.15, -0.1) is 11.8 Å². The van der Waals surface area contributed by atoms with Gasteiger partial charge < -0.3 is 5.32 Å². The van der Waals surface area contributed by atoms with Crippen molar-refractivity contribution in [1.82, 2.24) is 0 Å². The van der Waals surface area contributed by atoms with Gasteiger partial charge in [0, 0.05) is 24.1 Å². The van der Waals surface area contributed by atoms with E-state index in [4.69, 9.17) is 0 Å². The highest BCUT2D eigenvalue weighted by molar-refractivity contribution is 5.95. The summed E-state index contributed by atoms with van der Waals surface area (Å²) in [5, 5.41) is 2.79. The molecule has 0 aromatic heterocycles. The summed E-state index contributed by atoms with van der Waals surface area (Å²) in [4.78, 5) is 22.6. The first-order chi connectivity index (χ1) is 8.63. The van der Waals surface area contributed by atoms with Crippen LogP contribution in [-0.2, 0) is 4.79 Å². The van der Waals surface area contributed by atoms with E-state index in [9.17, 15) is 9.59 Å². The Labute approximate surface area is 108 Å². The number of benzene rings is 1. The Kier molecular flexibility index (Phi) is 5.66. The van der Waals surface area contributed by atoms with E-state index < -0.39 is 0 Å². The Bertz CT molecular complexity index is 477. The lowest BCUT2D eigenvalue weighted by Gasteiger charge is -2.04. The van der Waals surface area contributed by atoms with Gasteiger partial charge in [-0.2, -0.15) is 0 Å². The summed E-state index contributed by atoms with van der Waals surface area (Å²) >= 11 is 0. The number of anilines is 1. The van der Waals surface area contributed by atoms with E-state index in [0.717, 1.165) is 12.8 Å². The molecule has 18 heavy (non-hydrogen) atoms. The Morgan fingerprint density at radius 2 is 1.89 bits per heavy atom. The predicted molar refractivity (Wildman–Crippen MR) is 72.4 cm³/mol. The molecule has 0 aliphatic carbocycles. The summed E-state index contributed by atoms with van der Waals surface area (Å²) in [6, 6.07) is 6.89. The first-order valence-corrected chi connectivity index (χ1v) is 5.94. The zero-order valence-corrected chi connectivity index (χ0v) is 10.7. The fraction of sp³-hybridized carbons (Fsp3) is 0.333. The average Bonchev–Trinajstić information content (AvgIpc) is 2.35. The third-order valence-electron chi connectivity index (χ3n) is 2.46. The molecule has 0 aliphatic heterocycles. The number of nitrogens with one attached hydrogen (secondary N) is 1. The number of carbonyl (C=O) groups excluding carboxylic acids is 2. The lowest BCUT2D eigenvalue weighted by atomic mass is 10.1. The van der Waals surface area contributed by atoms with Crippen molar-refractivity contribution in [2.75, 3.05) is 5.32 Å². The Morgan fingerprint density at radius 3 is 2.44 bits per heavy atom. The number of rotatable bonds is 5. The summed E-state index contributed by atoms with van der Waals surface area (Å²) in [6.07, 6.45) is 1.97. The largest absolute Gasteiger partial charge is 0.326 e. The molecule has 1 aromatic carbocycles. The second-order valence-electron chi connectivity index (χ2n) is 3.96. The fourth-order valence-corrected chi connectivity index (χ4v) is 1.47. The highest BCUT2D eigenvalue weighted by Gasteiger charge is 2.03. The molecule has 1 amide bonds. The third-order valence-corrected chi connectivity index (χ3v) is 2.46. The van der Waals surface area contributed by atoms with Crippen LogP contribution in [-0.4, -0.2) is 11.7 Å². The van der Waals surface area contributed by atoms with Crippen molar-refractivity contribution in [3.05, 3.63) is 29.8 Å². The molecule has 0 radical (unpaired) electrons. The van der Waals surface area contributed by atoms with Gasteiger partial charge in [0.05, 0.1) is 0 Å². The topological polar surface area (TPSA) is 46.2 Å². The molecule has 0 heterocycles. The van der Waals surface area contributed by atoms with Crippen molar-refractivity contribution in [2.45, 2.75) is 33.1 Å². The number of amides is 1. The molecule has 0 aliphatic rings. The van der Waals surface area contributed by atoms with E-state index in [2.05, 4.69) is 17.2 Å². The number of hydrogen-bond acceptors (Lipinski definition) is 2. The van der Waals surface area contributed by atoms with Gasteiger partial charge >= 0.3 is 0 Å². The molecule has 0 atom stereocenters. The van der Waals surface area contributed by atoms with Crippen molar-refractivity contribution in [3.8, 4) is 11.8 Å². The van der Waals surface area contributed by atoms with Gasteiger partial charge in [0.1, 0.15) is 0 Å². The van der Waals surface area contributed by atoms with Gasteiger partial charge in [-0.05, 0) is 44.5 Å². The van der Waals surface area contributed by atoms with E-state index in [-0.39, 0.29) is 11.7 Å². The SMILES string of the molecule is CC#CCCCC(=O)Nc1ccc(C(C)=O)cc1. The number of Topliss-reactive ketones (excluding diaryl/α,β-unsaturated/α-hetero) is 1. The molecule has 0 bridgehead atoms. The molecule has 0 unspecified atom stereocenters. The standard InChI is InChI=1S/C15H17NO2/c1-3-4-5-6-7-15(18)16-14-10-8-13(9-11-14)12(2)17/h8-11H,5-7H2,1-2H3,(H,16,18). The van der Waals surface area contributed by atoms with Crippen LogP contribution in [0.5, 0.6) is 0 Å². The second-order valence-corrected chi connectivity index (χ2v) is 3.96. The fourth-order valence-electron chi connectivity index (χ4n) is 1.47. The van der Waals surface area contributed by atoms with Crippen LogP contribution < -0.4 is 5.32 Å². The lowest BCUT2D eigenvalue weighted by molar-refractivity contribution is -0.116. The molecular formula is C15H17NO2. The van der Waals surface area contributed by atoms with E-state index in [0.29, 0.717) is 17.7 Å². The minimum absolute atomic E-state index is 0.0195. The summed E-state index contributed by atoms with van der Waals surface area (Å²) in [5.74, 6) is 5.71. The highest BCUT2D eigenvalue weighted by Crippen LogP contribution is 2.10. The van der Waals surface area contributed by atoms with E-state index in [1.165, 1.54) is 6.92 Å². The lowest BCUT2D eigenvalue weighted by Crippen LogP contribution is -2.11. The van der Waals surface area contributed by atoms with Gasteiger partial charge in [-0.25, -0.2) is 0 Å². The van der Waals surface area contributed by atoms with Crippen LogP contribution in [0, 0.1) is 11.8 Å². The van der Waals surface area contributed by atoms with Crippen LogP contribution in [0.25, 0.3) is 0 Å². The van der Waals surface area contributed by atoms with Crippen molar-refractivity contribution in [3.63, 3.8) is 0 Å². The molecule has 1 N–H and O–H groups in total. The first kappa shape index (κ1) is 14.0. The Hall–Kier alpha value is -2.08. The minimum atomic E-state index is -0.0246. The summed E-state index contributed by atoms with van der Waals surface area (Å²) < 4.78 is 0. The van der Waals surface area contributed by atoms with E-state index >= 15 is 0 Å². The zero-order chi connectivity index (χ0) is 13.4. The van der Waals surface area contributed by atoms with Crippen LogP contribution in [0.15, 0.2) is 24.3 Å². The van der Waals surface area contributed by atoms with Crippen molar-refractivity contribution >= 4 is 17.4 Å². The molecule has 1 rings (SSSR count). The predicted octanol–water partition coefficient (Wildman–Crippen LogP) is 3.02. The van der Waals surface area contributed by atoms with E-state index in [1.807, 2.05) is 0 Å². The minimum Gasteiger partial charge on any atom is -0.326 e. The van der Waals surface area contributed by atoms with E-state index in [1.54, 1.807) is 31.2 Å². The number of hydrogen-bond donors (Lipinski definition) is 1. The van der Waals surface area contributed by atoms with Crippen LogP contribution in [0.1, 0.15) is 43.5 Å². The monoisotopic (exact) mass is 243 g/mol. The van der Waals surface area contributed by atoms with Gasteiger partial charge in [0.2, 0.25) is 5.91 Å². The summed E-state index contributed by atoms with van der Waals surface area (Å²) in [6.45, 7) is 3.30. The van der Waals surface area contributed by atoms with Crippen LogP contribution in [0.3, 0.4) is 0 Å². The molecule has 0 spiro atoms. The van der Waals surface area contributed by atoms with Gasteiger partial charge in [0.25, 0.3) is 0 Å². The Morgan fingerprint density at radius 1 is 1.22 bits per heavy atom. The number of carbonyl (C=O) groups is 2. The van der Waals surface area contributed by atoms with Crippen LogP contribution in [0.4, 0.5) is 5.69 Å². The molecule has 3 heteroatoms. The first-order valence-electron chi connectivity index (χ1n) is 5.94. The van der Waals surface area contributed by atoms with Crippen LogP contribution >= 0.6 is 0 Å². The molecule has 94 valence electrons. The Balaban J connectivity index is 2.43. The average molecular weight is 243 g/mol. The van der Waals surface area contributed by atoms with Gasteiger partial charge in [-0.3, -0.25) is 9.59 Å². The van der Waals surface area contributed by atoms with Crippen LogP contribution in [0.2, 0.25) is 0 Å².